The van der Waals surface area contributed by atoms with Gasteiger partial charge >= 0.3 is 5.97 Å². The van der Waals surface area contributed by atoms with E-state index in [0.717, 1.165) is 22.5 Å². The number of halogens is 2. The third-order valence-electron chi connectivity index (χ3n) is 4.55. The Morgan fingerprint density at radius 2 is 2.03 bits per heavy atom. The number of aromatic nitrogens is 1. The van der Waals surface area contributed by atoms with Crippen LogP contribution in [0.2, 0.25) is 5.02 Å². The fourth-order valence-corrected chi connectivity index (χ4v) is 4.13. The van der Waals surface area contributed by atoms with Gasteiger partial charge in [-0.2, -0.15) is 0 Å². The van der Waals surface area contributed by atoms with Gasteiger partial charge in [-0.1, -0.05) is 11.6 Å². The number of hydrogen-bond donors (Lipinski definition) is 2. The van der Waals surface area contributed by atoms with E-state index in [9.17, 15) is 9.18 Å². The van der Waals surface area contributed by atoms with Gasteiger partial charge in [0.2, 0.25) is 0 Å². The Labute approximate surface area is 188 Å². The van der Waals surface area contributed by atoms with Crippen LogP contribution in [0.1, 0.15) is 12.8 Å². The molecule has 6 nitrogen and oxygen atoms in total. The highest BCUT2D eigenvalue weighted by Gasteiger charge is 2.10. The van der Waals surface area contributed by atoms with Crippen LogP contribution in [0.25, 0.3) is 11.3 Å². The van der Waals surface area contributed by atoms with Crippen molar-refractivity contribution in [2.45, 2.75) is 19.4 Å². The summed E-state index contributed by atoms with van der Waals surface area (Å²) in [6, 6.07) is 11.6. The van der Waals surface area contributed by atoms with E-state index in [2.05, 4.69) is 9.88 Å². The van der Waals surface area contributed by atoms with Crippen LogP contribution in [0.5, 0.6) is 5.75 Å². The van der Waals surface area contributed by atoms with Crippen molar-refractivity contribution in [1.29, 1.82) is 0 Å². The van der Waals surface area contributed by atoms with Gasteiger partial charge < -0.3 is 19.7 Å². The van der Waals surface area contributed by atoms with E-state index in [4.69, 9.17) is 26.4 Å². The van der Waals surface area contributed by atoms with Crippen molar-refractivity contribution in [1.82, 2.24) is 9.88 Å². The molecule has 1 aromatic heterocycles. The Bertz CT molecular complexity index is 1100. The molecule has 2 N–H and O–H groups in total. The molecule has 0 fully saturated rings. The van der Waals surface area contributed by atoms with E-state index in [-0.39, 0.29) is 12.2 Å². The van der Waals surface area contributed by atoms with Crippen molar-refractivity contribution in [2.75, 3.05) is 20.2 Å². The molecule has 3 aromatic rings. The number of ether oxygens (including phenoxy) is 1. The Balaban J connectivity index is 1.90. The fourth-order valence-electron chi connectivity index (χ4n) is 3.02. The van der Waals surface area contributed by atoms with Gasteiger partial charge in [0, 0.05) is 29.6 Å². The molecule has 0 unspecified atom stereocenters. The molecule has 0 atom stereocenters. The van der Waals surface area contributed by atoms with E-state index in [1.165, 1.54) is 23.5 Å². The molecule has 0 aliphatic carbocycles. The monoisotopic (exact) mass is 463 g/mol. The molecule has 1 heterocycles. The van der Waals surface area contributed by atoms with Gasteiger partial charge in [-0.25, -0.2) is 9.38 Å². The second-order valence-corrected chi connectivity index (χ2v) is 8.01. The maximum Gasteiger partial charge on any atom is 0.304 e. The molecule has 0 aliphatic rings. The van der Waals surface area contributed by atoms with Crippen LogP contribution in [0, 0.1) is 5.82 Å². The zero-order chi connectivity index (χ0) is 22.2. The molecule has 0 spiro atoms. The molecule has 3 rings (SSSR count). The lowest BCUT2D eigenvalue weighted by Gasteiger charge is -2.10. The predicted octanol–water partition coefficient (Wildman–Crippen LogP) is 4.70. The van der Waals surface area contributed by atoms with Gasteiger partial charge in [-0.05, 0) is 54.9 Å². The van der Waals surface area contributed by atoms with Crippen molar-refractivity contribution >= 4 is 34.6 Å². The van der Waals surface area contributed by atoms with E-state index >= 15 is 0 Å². The minimum Gasteiger partial charge on any atom is -0.494 e. The van der Waals surface area contributed by atoms with Crippen LogP contribution in [0.15, 0.2) is 52.8 Å². The summed E-state index contributed by atoms with van der Waals surface area (Å²) in [5.41, 5.74) is 2.48. The number of carbonyl (C=O) groups is 1. The lowest BCUT2D eigenvalue weighted by atomic mass is 10.1. The third-order valence-corrected chi connectivity index (χ3v) is 5.65. The van der Waals surface area contributed by atoms with E-state index < -0.39 is 5.97 Å². The lowest BCUT2D eigenvalue weighted by Crippen LogP contribution is -2.23. The summed E-state index contributed by atoms with van der Waals surface area (Å²) >= 11 is 7.54. The van der Waals surface area contributed by atoms with Gasteiger partial charge in [0.15, 0.2) is 4.80 Å². The first kappa shape index (κ1) is 23.0. The summed E-state index contributed by atoms with van der Waals surface area (Å²) in [4.78, 5) is 16.2. The molecule has 164 valence electrons. The second-order valence-electron chi connectivity index (χ2n) is 6.74. The number of carboxylic acids is 1. The largest absolute Gasteiger partial charge is 0.494 e. The number of hydrogen-bond acceptors (Lipinski definition) is 5. The summed E-state index contributed by atoms with van der Waals surface area (Å²) in [6.45, 7) is 1.75. The Morgan fingerprint density at radius 3 is 2.74 bits per heavy atom. The molecule has 0 radical (unpaired) electrons. The first-order valence-electron chi connectivity index (χ1n) is 9.73. The lowest BCUT2D eigenvalue weighted by molar-refractivity contribution is -0.136. The highest BCUT2D eigenvalue weighted by Crippen LogP contribution is 2.30. The van der Waals surface area contributed by atoms with Crippen molar-refractivity contribution < 1.29 is 19.0 Å². The number of benzene rings is 2. The Hall–Kier alpha value is -2.68. The smallest absolute Gasteiger partial charge is 0.304 e. The number of carboxylic acid groups (broad SMARTS) is 1. The number of thiazole rings is 1. The summed E-state index contributed by atoms with van der Waals surface area (Å²) in [5, 5.41) is 14.4. The minimum atomic E-state index is -0.823. The highest BCUT2D eigenvalue weighted by molar-refractivity contribution is 7.07. The number of rotatable bonds is 10. The molecule has 0 saturated carbocycles. The van der Waals surface area contributed by atoms with E-state index in [1.807, 2.05) is 5.38 Å². The molecule has 0 amide bonds. The third kappa shape index (κ3) is 6.40. The van der Waals surface area contributed by atoms with Gasteiger partial charge in [0.1, 0.15) is 17.3 Å². The molecule has 0 saturated heterocycles. The van der Waals surface area contributed by atoms with Gasteiger partial charge in [-0.15, -0.1) is 11.3 Å². The number of nitrogens with one attached hydrogen (secondary N) is 1. The van der Waals surface area contributed by atoms with Crippen molar-refractivity contribution in [2.24, 2.45) is 4.99 Å². The van der Waals surface area contributed by atoms with Crippen molar-refractivity contribution in [3.63, 3.8) is 0 Å². The average Bonchev–Trinajstić information content (AvgIpc) is 3.14. The molecular formula is C22H23ClFN3O3S. The summed E-state index contributed by atoms with van der Waals surface area (Å²) in [6.07, 6.45) is 0.860. The fraction of sp³-hybridized carbons (Fsp3) is 0.273. The van der Waals surface area contributed by atoms with Gasteiger partial charge in [0.05, 0.1) is 19.2 Å². The van der Waals surface area contributed by atoms with Gasteiger partial charge in [-0.3, -0.25) is 4.79 Å². The second kappa shape index (κ2) is 11.1. The highest BCUT2D eigenvalue weighted by atomic mass is 35.5. The standard InChI is InChI=1S/C22H23ClFN3O3S/c1-30-20-13-16(23)5-8-18(20)26-22-27(12-2-10-25-11-9-21(28)29)19(14-31-22)15-3-6-17(24)7-4-15/h3-8,13-14,25H,2,9-12H2,1H3,(H,28,29)/b26-22+. The Kier molecular flexibility index (Phi) is 8.22. The first-order chi connectivity index (χ1) is 15.0. The number of aliphatic carboxylic acids is 1. The molecular weight excluding hydrogens is 441 g/mol. The molecule has 2 aromatic carbocycles. The van der Waals surface area contributed by atoms with Crippen molar-refractivity contribution in [3.8, 4) is 17.0 Å². The molecule has 0 bridgehead atoms. The van der Waals surface area contributed by atoms with Crippen LogP contribution in [0.3, 0.4) is 0 Å². The number of nitrogens with zero attached hydrogens (tertiary/aromatic N) is 2. The minimum absolute atomic E-state index is 0.0867. The van der Waals surface area contributed by atoms with Crippen LogP contribution >= 0.6 is 22.9 Å². The van der Waals surface area contributed by atoms with E-state index in [1.54, 1.807) is 37.4 Å². The Morgan fingerprint density at radius 1 is 1.26 bits per heavy atom. The first-order valence-corrected chi connectivity index (χ1v) is 11.0. The molecule has 9 heteroatoms. The van der Waals surface area contributed by atoms with Crippen LogP contribution in [-0.4, -0.2) is 35.8 Å². The van der Waals surface area contributed by atoms with E-state index in [0.29, 0.717) is 36.1 Å². The van der Waals surface area contributed by atoms with Crippen LogP contribution < -0.4 is 14.9 Å². The maximum absolute atomic E-state index is 13.4. The maximum atomic E-state index is 13.4. The van der Waals surface area contributed by atoms with Crippen LogP contribution in [-0.2, 0) is 11.3 Å². The number of methoxy groups -OCH3 is 1. The van der Waals surface area contributed by atoms with Gasteiger partial charge in [0.25, 0.3) is 0 Å². The molecule has 31 heavy (non-hydrogen) atoms. The van der Waals surface area contributed by atoms with Crippen LogP contribution in [0.4, 0.5) is 10.1 Å². The summed E-state index contributed by atoms with van der Waals surface area (Å²) < 4.78 is 20.9. The SMILES string of the molecule is COc1cc(Cl)ccc1/N=c1/scc(-c2ccc(F)cc2)n1CCCNCCC(=O)O. The predicted molar refractivity (Wildman–Crippen MR) is 121 cm³/mol. The van der Waals surface area contributed by atoms with Crippen molar-refractivity contribution in [3.05, 3.63) is 63.5 Å². The zero-order valence-corrected chi connectivity index (χ0v) is 18.5. The zero-order valence-electron chi connectivity index (χ0n) is 17.0. The molecule has 0 aliphatic heterocycles. The summed E-state index contributed by atoms with van der Waals surface area (Å²) in [5.74, 6) is -0.536. The topological polar surface area (TPSA) is 75.8 Å². The quantitative estimate of drug-likeness (QED) is 0.427. The average molecular weight is 464 g/mol. The summed E-state index contributed by atoms with van der Waals surface area (Å²) in [7, 11) is 1.57. The normalized spacial score (nSPS) is 11.6.